The van der Waals surface area contributed by atoms with Gasteiger partial charge in [-0.3, -0.25) is 0 Å². The van der Waals surface area contributed by atoms with Crippen LogP contribution in [0.5, 0.6) is 0 Å². The minimum Gasteiger partial charge on any atom is -0.378 e. The summed E-state index contributed by atoms with van der Waals surface area (Å²) in [6.45, 7) is 0. The molecule has 0 N–H and O–H groups in total. The third-order valence-electron chi connectivity index (χ3n) is 4.44. The molecular weight excluding hydrogens is 292 g/mol. The average Bonchev–Trinajstić information content (AvgIpc) is 3.02. The molecule has 0 aliphatic heterocycles. The molecule has 0 atom stereocenters. The van der Waals surface area contributed by atoms with Crippen LogP contribution in [0.2, 0.25) is 0 Å². The number of rotatable bonds is 3. The van der Waals surface area contributed by atoms with E-state index in [0.717, 1.165) is 0 Å². The van der Waals surface area contributed by atoms with Crippen LogP contribution in [-0.4, -0.2) is 18.7 Å². The zero-order valence-corrected chi connectivity index (χ0v) is 14.0. The molecule has 2 nitrogen and oxygen atoms in total. The SMILES string of the molecule is CN(C)c1ccc(-c2cn(-c3ccccc3)c3ccccc23)cc1. The molecule has 4 rings (SSSR count). The van der Waals surface area contributed by atoms with E-state index in [1.807, 2.05) is 0 Å². The first-order chi connectivity index (χ1) is 11.7. The van der Waals surface area contributed by atoms with Crippen LogP contribution < -0.4 is 4.90 Å². The normalized spacial score (nSPS) is 10.9. The van der Waals surface area contributed by atoms with Crippen LogP contribution in [0.1, 0.15) is 0 Å². The van der Waals surface area contributed by atoms with Crippen molar-refractivity contribution in [2.75, 3.05) is 19.0 Å². The Bertz CT molecular complexity index is 964. The molecule has 0 unspecified atom stereocenters. The number of para-hydroxylation sites is 2. The number of fused-ring (bicyclic) bond motifs is 1. The van der Waals surface area contributed by atoms with E-state index in [4.69, 9.17) is 0 Å². The Balaban J connectivity index is 1.90. The molecule has 0 aliphatic rings. The highest BCUT2D eigenvalue weighted by Crippen LogP contribution is 2.33. The zero-order valence-electron chi connectivity index (χ0n) is 14.0. The summed E-state index contributed by atoms with van der Waals surface area (Å²) in [5.74, 6) is 0. The van der Waals surface area contributed by atoms with Gasteiger partial charge in [-0.25, -0.2) is 0 Å². The summed E-state index contributed by atoms with van der Waals surface area (Å²) in [7, 11) is 4.13. The Morgan fingerprint density at radius 1 is 0.708 bits per heavy atom. The van der Waals surface area contributed by atoms with Gasteiger partial charge in [0.05, 0.1) is 5.52 Å². The maximum atomic E-state index is 2.27. The summed E-state index contributed by atoms with van der Waals surface area (Å²) >= 11 is 0. The third kappa shape index (κ3) is 2.46. The van der Waals surface area contributed by atoms with Crippen LogP contribution in [0.4, 0.5) is 5.69 Å². The van der Waals surface area contributed by atoms with E-state index in [-0.39, 0.29) is 0 Å². The molecule has 1 aromatic heterocycles. The molecule has 0 radical (unpaired) electrons. The molecule has 0 aliphatic carbocycles. The van der Waals surface area contributed by atoms with E-state index in [0.29, 0.717) is 0 Å². The standard InChI is InChI=1S/C22H20N2/c1-23(2)18-14-12-17(13-15-18)21-16-24(19-8-4-3-5-9-19)22-11-7-6-10-20(21)22/h3-16H,1-2H3. The summed E-state index contributed by atoms with van der Waals surface area (Å²) in [4.78, 5) is 2.12. The first-order valence-corrected chi connectivity index (χ1v) is 8.17. The Morgan fingerprint density at radius 3 is 2.08 bits per heavy atom. The first-order valence-electron chi connectivity index (χ1n) is 8.17. The van der Waals surface area contributed by atoms with Crippen molar-refractivity contribution in [1.29, 1.82) is 0 Å². The molecule has 0 bridgehead atoms. The number of aromatic nitrogens is 1. The Morgan fingerprint density at radius 2 is 1.38 bits per heavy atom. The molecule has 4 aromatic rings. The predicted molar refractivity (Wildman–Crippen MR) is 103 cm³/mol. The van der Waals surface area contributed by atoms with Gasteiger partial charge in [-0.15, -0.1) is 0 Å². The summed E-state index contributed by atoms with van der Waals surface area (Å²) < 4.78 is 2.27. The lowest BCUT2D eigenvalue weighted by Gasteiger charge is -2.12. The molecule has 24 heavy (non-hydrogen) atoms. The molecule has 0 fully saturated rings. The molecule has 2 heteroatoms. The van der Waals surface area contributed by atoms with Crippen LogP contribution >= 0.6 is 0 Å². The molecule has 0 saturated carbocycles. The van der Waals surface area contributed by atoms with E-state index in [1.165, 1.54) is 33.4 Å². The van der Waals surface area contributed by atoms with Crippen LogP contribution in [0, 0.1) is 0 Å². The van der Waals surface area contributed by atoms with Gasteiger partial charge in [-0.2, -0.15) is 0 Å². The number of hydrogen-bond donors (Lipinski definition) is 0. The average molecular weight is 312 g/mol. The fourth-order valence-corrected chi connectivity index (χ4v) is 3.15. The van der Waals surface area contributed by atoms with E-state index >= 15 is 0 Å². The molecular formula is C22H20N2. The third-order valence-corrected chi connectivity index (χ3v) is 4.44. The Labute approximate surface area is 142 Å². The number of anilines is 1. The second kappa shape index (κ2) is 5.89. The van der Waals surface area contributed by atoms with Gasteiger partial charge in [0.15, 0.2) is 0 Å². The molecule has 0 saturated heterocycles. The van der Waals surface area contributed by atoms with Gasteiger partial charge in [0, 0.05) is 42.6 Å². The van der Waals surface area contributed by atoms with Gasteiger partial charge < -0.3 is 9.47 Å². The quantitative estimate of drug-likeness (QED) is 0.494. The fraction of sp³-hybridized carbons (Fsp3) is 0.0909. The molecule has 0 spiro atoms. The molecule has 0 amide bonds. The van der Waals surface area contributed by atoms with Crippen molar-refractivity contribution >= 4 is 16.6 Å². The zero-order chi connectivity index (χ0) is 16.5. The van der Waals surface area contributed by atoms with Crippen molar-refractivity contribution in [3.05, 3.63) is 85.1 Å². The van der Waals surface area contributed by atoms with Crippen molar-refractivity contribution in [2.24, 2.45) is 0 Å². The van der Waals surface area contributed by atoms with Gasteiger partial charge in [0.25, 0.3) is 0 Å². The molecule has 118 valence electrons. The molecule has 3 aromatic carbocycles. The van der Waals surface area contributed by atoms with Gasteiger partial charge in [-0.1, -0.05) is 48.5 Å². The summed E-state index contributed by atoms with van der Waals surface area (Å²) in [5.41, 5.74) is 6.14. The minimum atomic E-state index is 1.19. The van der Waals surface area contributed by atoms with Crippen LogP contribution in [0.3, 0.4) is 0 Å². The Kier molecular flexibility index (Phi) is 3.58. The monoisotopic (exact) mass is 312 g/mol. The highest BCUT2D eigenvalue weighted by molar-refractivity contribution is 5.97. The van der Waals surface area contributed by atoms with E-state index in [2.05, 4.69) is 109 Å². The van der Waals surface area contributed by atoms with Crippen molar-refractivity contribution < 1.29 is 0 Å². The van der Waals surface area contributed by atoms with Gasteiger partial charge in [0.2, 0.25) is 0 Å². The van der Waals surface area contributed by atoms with Crippen molar-refractivity contribution in [3.8, 4) is 16.8 Å². The molecule has 1 heterocycles. The highest BCUT2D eigenvalue weighted by atomic mass is 15.1. The summed E-state index contributed by atoms with van der Waals surface area (Å²) in [6.07, 6.45) is 2.24. The second-order valence-electron chi connectivity index (χ2n) is 6.21. The topological polar surface area (TPSA) is 8.17 Å². The fourth-order valence-electron chi connectivity index (χ4n) is 3.15. The smallest absolute Gasteiger partial charge is 0.0534 e. The van der Waals surface area contributed by atoms with E-state index in [9.17, 15) is 0 Å². The lowest BCUT2D eigenvalue weighted by Crippen LogP contribution is -2.07. The van der Waals surface area contributed by atoms with Gasteiger partial charge in [0.1, 0.15) is 0 Å². The van der Waals surface area contributed by atoms with E-state index in [1.54, 1.807) is 0 Å². The van der Waals surface area contributed by atoms with Crippen LogP contribution in [0.15, 0.2) is 85.1 Å². The number of nitrogens with zero attached hydrogens (tertiary/aromatic N) is 2. The number of benzene rings is 3. The van der Waals surface area contributed by atoms with E-state index < -0.39 is 0 Å². The maximum Gasteiger partial charge on any atom is 0.0534 e. The van der Waals surface area contributed by atoms with Crippen molar-refractivity contribution in [2.45, 2.75) is 0 Å². The minimum absolute atomic E-state index is 1.19. The van der Waals surface area contributed by atoms with Gasteiger partial charge in [-0.05, 0) is 35.9 Å². The number of hydrogen-bond acceptors (Lipinski definition) is 1. The summed E-state index contributed by atoms with van der Waals surface area (Å²) in [5, 5.41) is 1.28. The second-order valence-corrected chi connectivity index (χ2v) is 6.21. The van der Waals surface area contributed by atoms with Crippen LogP contribution in [0.25, 0.3) is 27.7 Å². The maximum absolute atomic E-state index is 2.27. The van der Waals surface area contributed by atoms with Crippen LogP contribution in [-0.2, 0) is 0 Å². The highest BCUT2D eigenvalue weighted by Gasteiger charge is 2.11. The lowest BCUT2D eigenvalue weighted by atomic mass is 10.0. The predicted octanol–water partition coefficient (Wildman–Crippen LogP) is 5.36. The largest absolute Gasteiger partial charge is 0.378 e. The van der Waals surface area contributed by atoms with Crippen molar-refractivity contribution in [1.82, 2.24) is 4.57 Å². The Hall–Kier alpha value is -3.00. The summed E-state index contributed by atoms with van der Waals surface area (Å²) in [6, 6.07) is 27.8. The van der Waals surface area contributed by atoms with Crippen molar-refractivity contribution in [3.63, 3.8) is 0 Å². The first kappa shape index (κ1) is 14.6. The van der Waals surface area contributed by atoms with Gasteiger partial charge >= 0.3 is 0 Å². The lowest BCUT2D eigenvalue weighted by molar-refractivity contribution is 1.13.